The van der Waals surface area contributed by atoms with Crippen LogP contribution in [0, 0.1) is 0 Å². The summed E-state index contributed by atoms with van der Waals surface area (Å²) in [6.45, 7) is 9.44. The number of piperazine rings is 1. The molecule has 270 valence electrons. The summed E-state index contributed by atoms with van der Waals surface area (Å²) in [6.07, 6.45) is 3.78. The lowest BCUT2D eigenvalue weighted by molar-refractivity contribution is -0.141. The third-order valence-electron chi connectivity index (χ3n) is 10.6. The molecule has 3 aromatic carbocycles. The molecule has 3 heterocycles. The normalized spacial score (nSPS) is 17.2. The van der Waals surface area contributed by atoms with Crippen LogP contribution in [0.2, 0.25) is 10.0 Å². The average molecular weight is 734 g/mol. The first-order chi connectivity index (χ1) is 24.7. The predicted molar refractivity (Wildman–Crippen MR) is 199 cm³/mol. The fourth-order valence-electron chi connectivity index (χ4n) is 7.48. The Kier molecular flexibility index (Phi) is 11.9. The van der Waals surface area contributed by atoms with Crippen LogP contribution >= 0.6 is 23.2 Å². The number of ether oxygens (including phenoxy) is 1. The molecule has 0 aliphatic carbocycles. The Hall–Kier alpha value is -4.03. The average Bonchev–Trinajstić information content (AvgIpc) is 3.73. The number of methoxy groups -OCH3 is 1. The zero-order chi connectivity index (χ0) is 36.0. The second-order valence-electron chi connectivity index (χ2n) is 13.5. The summed E-state index contributed by atoms with van der Waals surface area (Å²) in [5, 5.41) is 12.4. The second kappa shape index (κ2) is 16.5. The number of likely N-dealkylation sites (N-methyl/N-ethyl adjacent to an activating group) is 2. The van der Waals surface area contributed by atoms with Crippen LogP contribution in [0.5, 0.6) is 5.75 Å². The molecule has 51 heavy (non-hydrogen) atoms. The Morgan fingerprint density at radius 2 is 1.67 bits per heavy atom. The maximum absolute atomic E-state index is 14.3. The number of tetrazole rings is 1. The lowest BCUT2D eigenvalue weighted by Crippen LogP contribution is -2.57. The third-order valence-corrected chi connectivity index (χ3v) is 11.4. The van der Waals surface area contributed by atoms with Crippen molar-refractivity contribution in [1.82, 2.24) is 39.8 Å². The van der Waals surface area contributed by atoms with Gasteiger partial charge in [0.2, 0.25) is 5.91 Å². The SMILES string of the molecule is CCN1CCN(C(=O)C2(c3ccccc3)CCN(CC[C@H](CN(C)C(=O)c3cc(-n4cnnn4)ccc3OC)c3ccc(Cl)c(Cl)c3)CC2)CC1. The van der Waals surface area contributed by atoms with Gasteiger partial charge < -0.3 is 24.3 Å². The molecule has 1 aromatic heterocycles. The number of halogens is 2. The van der Waals surface area contributed by atoms with Crippen molar-refractivity contribution in [1.29, 1.82) is 0 Å². The Morgan fingerprint density at radius 3 is 2.31 bits per heavy atom. The molecule has 0 unspecified atom stereocenters. The molecule has 2 amide bonds. The molecule has 2 fully saturated rings. The van der Waals surface area contributed by atoms with E-state index in [2.05, 4.69) is 49.3 Å². The standard InChI is InChI=1S/C38H46Cl2N8O3/c1-4-45-20-22-47(23-21-45)37(50)38(30-8-6-5-7-9-30)15-18-46(19-16-38)17-14-29(28-10-12-33(39)34(40)24-28)26-44(2)36(49)32-25-31(11-13-35(32)51-3)48-27-41-42-43-48/h5-13,24-25,27,29H,4,14-23,26H2,1-3H3/t29-/m1/s1. The van der Waals surface area contributed by atoms with Gasteiger partial charge in [0.25, 0.3) is 5.91 Å². The highest BCUT2D eigenvalue weighted by Crippen LogP contribution is 2.38. The second-order valence-corrected chi connectivity index (χ2v) is 14.3. The first-order valence-electron chi connectivity index (χ1n) is 17.6. The summed E-state index contributed by atoms with van der Waals surface area (Å²) in [5.41, 5.74) is 2.65. The molecule has 0 N–H and O–H groups in total. The van der Waals surface area contributed by atoms with Crippen LogP contribution in [0.25, 0.3) is 5.69 Å². The molecule has 2 aliphatic heterocycles. The molecule has 1 atom stereocenters. The van der Waals surface area contributed by atoms with Crippen molar-refractivity contribution in [3.63, 3.8) is 0 Å². The van der Waals surface area contributed by atoms with Crippen LogP contribution in [0.3, 0.4) is 0 Å². The van der Waals surface area contributed by atoms with E-state index >= 15 is 0 Å². The number of hydrogen-bond donors (Lipinski definition) is 0. The minimum absolute atomic E-state index is 0.0280. The number of rotatable bonds is 12. The van der Waals surface area contributed by atoms with Gasteiger partial charge in [-0.15, -0.1) is 5.10 Å². The van der Waals surface area contributed by atoms with Gasteiger partial charge in [-0.3, -0.25) is 9.59 Å². The zero-order valence-electron chi connectivity index (χ0n) is 29.5. The molecule has 0 spiro atoms. The van der Waals surface area contributed by atoms with Crippen LogP contribution in [-0.2, 0) is 10.2 Å². The first kappa shape index (κ1) is 36.8. The molecule has 2 aliphatic rings. The van der Waals surface area contributed by atoms with Crippen molar-refractivity contribution in [3.05, 3.63) is 99.8 Å². The molecule has 13 heteroatoms. The minimum Gasteiger partial charge on any atom is -0.496 e. The third kappa shape index (κ3) is 8.22. The van der Waals surface area contributed by atoms with E-state index in [0.717, 1.165) is 82.7 Å². The van der Waals surface area contributed by atoms with E-state index in [1.807, 2.05) is 36.4 Å². The van der Waals surface area contributed by atoms with E-state index in [9.17, 15) is 9.59 Å². The zero-order valence-corrected chi connectivity index (χ0v) is 31.1. The van der Waals surface area contributed by atoms with Crippen molar-refractivity contribution in [2.75, 3.05) is 73.1 Å². The Labute approximate surface area is 310 Å². The molecule has 0 bridgehead atoms. The van der Waals surface area contributed by atoms with Crippen LogP contribution in [0.15, 0.2) is 73.1 Å². The van der Waals surface area contributed by atoms with Crippen LogP contribution < -0.4 is 4.74 Å². The summed E-state index contributed by atoms with van der Waals surface area (Å²) < 4.78 is 7.07. The van der Waals surface area contributed by atoms with Gasteiger partial charge in [0, 0.05) is 45.7 Å². The van der Waals surface area contributed by atoms with Gasteiger partial charge in [0.15, 0.2) is 0 Å². The van der Waals surface area contributed by atoms with Crippen LogP contribution in [0.1, 0.15) is 53.6 Å². The molecule has 0 saturated carbocycles. The molecule has 6 rings (SSSR count). The number of likely N-dealkylation sites (tertiary alicyclic amines) is 1. The van der Waals surface area contributed by atoms with Crippen molar-refractivity contribution in [2.24, 2.45) is 0 Å². The lowest BCUT2D eigenvalue weighted by Gasteiger charge is -2.45. The van der Waals surface area contributed by atoms with E-state index < -0.39 is 5.41 Å². The summed E-state index contributed by atoms with van der Waals surface area (Å²) >= 11 is 12.8. The number of aromatic nitrogens is 4. The lowest BCUT2D eigenvalue weighted by atomic mass is 9.71. The van der Waals surface area contributed by atoms with E-state index in [4.69, 9.17) is 27.9 Å². The number of piperidine rings is 1. The van der Waals surface area contributed by atoms with Gasteiger partial charge in [-0.2, -0.15) is 0 Å². The van der Waals surface area contributed by atoms with Crippen molar-refractivity contribution in [3.8, 4) is 11.4 Å². The van der Waals surface area contributed by atoms with Gasteiger partial charge in [0.05, 0.1) is 33.8 Å². The summed E-state index contributed by atoms with van der Waals surface area (Å²) in [5.74, 6) is 0.514. The summed E-state index contributed by atoms with van der Waals surface area (Å²) in [4.78, 5) is 37.0. The largest absolute Gasteiger partial charge is 0.496 e. The fraction of sp³-hybridized carbons (Fsp3) is 0.447. The van der Waals surface area contributed by atoms with Crippen molar-refractivity contribution in [2.45, 2.75) is 37.5 Å². The quantitative estimate of drug-likeness (QED) is 0.191. The monoisotopic (exact) mass is 732 g/mol. The van der Waals surface area contributed by atoms with E-state index in [-0.39, 0.29) is 17.7 Å². The number of hydrogen-bond acceptors (Lipinski definition) is 8. The summed E-state index contributed by atoms with van der Waals surface area (Å²) in [7, 11) is 3.35. The summed E-state index contributed by atoms with van der Waals surface area (Å²) in [6, 6.07) is 21.3. The van der Waals surface area contributed by atoms with Gasteiger partial charge in [-0.05, 0) is 97.3 Å². The van der Waals surface area contributed by atoms with E-state index in [1.165, 1.54) is 11.0 Å². The highest BCUT2D eigenvalue weighted by molar-refractivity contribution is 6.42. The van der Waals surface area contributed by atoms with E-state index in [0.29, 0.717) is 33.6 Å². The van der Waals surface area contributed by atoms with Crippen molar-refractivity contribution >= 4 is 35.0 Å². The van der Waals surface area contributed by atoms with Gasteiger partial charge in [-0.1, -0.05) is 66.5 Å². The number of benzene rings is 3. The van der Waals surface area contributed by atoms with Crippen LogP contribution in [-0.4, -0.2) is 125 Å². The first-order valence-corrected chi connectivity index (χ1v) is 18.4. The number of carbonyl (C=O) groups is 2. The molecule has 0 radical (unpaired) electrons. The number of carbonyl (C=O) groups excluding carboxylic acids is 2. The van der Waals surface area contributed by atoms with Gasteiger partial charge >= 0.3 is 0 Å². The molecule has 4 aromatic rings. The van der Waals surface area contributed by atoms with Gasteiger partial charge in [0.1, 0.15) is 12.1 Å². The van der Waals surface area contributed by atoms with Crippen molar-refractivity contribution < 1.29 is 14.3 Å². The Balaban J connectivity index is 1.17. The highest BCUT2D eigenvalue weighted by Gasteiger charge is 2.45. The highest BCUT2D eigenvalue weighted by atomic mass is 35.5. The van der Waals surface area contributed by atoms with Crippen LogP contribution in [0.4, 0.5) is 0 Å². The molecule has 11 nitrogen and oxygen atoms in total. The predicted octanol–water partition coefficient (Wildman–Crippen LogP) is 5.42. The molecule has 2 saturated heterocycles. The number of amides is 2. The van der Waals surface area contributed by atoms with E-state index in [1.54, 1.807) is 37.3 Å². The maximum Gasteiger partial charge on any atom is 0.257 e. The minimum atomic E-state index is -0.530. The fourth-order valence-corrected chi connectivity index (χ4v) is 7.79. The smallest absolute Gasteiger partial charge is 0.257 e. The molecular formula is C38H46Cl2N8O3. The Bertz CT molecular complexity index is 1780. The van der Waals surface area contributed by atoms with Gasteiger partial charge in [-0.25, -0.2) is 4.68 Å². The maximum atomic E-state index is 14.3. The molecular weight excluding hydrogens is 687 g/mol. The Morgan fingerprint density at radius 1 is 0.922 bits per heavy atom. The topological polar surface area (TPSA) is 99.9 Å². The number of nitrogens with zero attached hydrogens (tertiary/aromatic N) is 8.